The molecule has 0 atom stereocenters. The number of rotatable bonds is 3. The lowest BCUT2D eigenvalue weighted by atomic mass is 9.87. The molecule has 138 valence electrons. The molecule has 0 heterocycles. The molecule has 0 amide bonds. The lowest BCUT2D eigenvalue weighted by Gasteiger charge is -2.16. The average Bonchev–Trinajstić information content (AvgIpc) is 2.76. The predicted octanol–water partition coefficient (Wildman–Crippen LogP) is 4.92. The van der Waals surface area contributed by atoms with E-state index in [0.29, 0.717) is 21.9 Å². The molecule has 0 fully saturated rings. The lowest BCUT2D eigenvalue weighted by Crippen LogP contribution is -2.14. The first-order chi connectivity index (χ1) is 13.7. The van der Waals surface area contributed by atoms with Crippen molar-refractivity contribution in [1.29, 1.82) is 0 Å². The van der Waals surface area contributed by atoms with Crippen molar-refractivity contribution in [1.82, 2.24) is 0 Å². The third-order valence-corrected chi connectivity index (χ3v) is 4.70. The van der Waals surface area contributed by atoms with Gasteiger partial charge in [-0.15, -0.1) is 0 Å². The Morgan fingerprint density at radius 1 is 0.679 bits per heavy atom. The van der Waals surface area contributed by atoms with Gasteiger partial charge in [-0.05, 0) is 33.2 Å². The Kier molecular flexibility index (Phi) is 4.49. The summed E-state index contributed by atoms with van der Waals surface area (Å²) in [6.07, 6.45) is 0. The molecule has 4 rings (SSSR count). The maximum Gasteiger partial charge on any atom is 0.374 e. The first-order valence-electron chi connectivity index (χ1n) is 8.41. The molecule has 4 aromatic rings. The summed E-state index contributed by atoms with van der Waals surface area (Å²) in [4.78, 5) is 32.5. The van der Waals surface area contributed by atoms with Crippen molar-refractivity contribution >= 4 is 33.5 Å². The summed E-state index contributed by atoms with van der Waals surface area (Å²) in [5.41, 5.74) is 0.649. The van der Waals surface area contributed by atoms with Crippen molar-refractivity contribution in [2.24, 2.45) is 0 Å². The standard InChI is InChI=1S/C22H14O6/c23-21(27-25)18-12-14-7-2-4-10-16(14)19(20(18)22(24)28-26)17-11-5-8-13-6-1-3-9-15(13)17/h1-12,25-26H. The van der Waals surface area contributed by atoms with E-state index in [1.807, 2.05) is 42.5 Å². The molecule has 0 aliphatic rings. The molecule has 28 heavy (non-hydrogen) atoms. The van der Waals surface area contributed by atoms with Gasteiger partial charge in [0.1, 0.15) is 0 Å². The Morgan fingerprint density at radius 2 is 1.29 bits per heavy atom. The highest BCUT2D eigenvalue weighted by molar-refractivity contribution is 6.18. The molecule has 2 N–H and O–H groups in total. The first kappa shape index (κ1) is 17.7. The number of carbonyl (C=O) groups excluding carboxylic acids is 2. The van der Waals surface area contributed by atoms with Crippen LogP contribution in [0.25, 0.3) is 32.7 Å². The molecule has 0 unspecified atom stereocenters. The number of hydrogen-bond donors (Lipinski definition) is 2. The van der Waals surface area contributed by atoms with Crippen LogP contribution in [0.3, 0.4) is 0 Å². The third-order valence-electron chi connectivity index (χ3n) is 4.70. The molecular weight excluding hydrogens is 360 g/mol. The van der Waals surface area contributed by atoms with E-state index < -0.39 is 11.9 Å². The fourth-order valence-corrected chi connectivity index (χ4v) is 3.54. The Labute approximate surface area is 159 Å². The molecule has 0 saturated carbocycles. The van der Waals surface area contributed by atoms with Crippen molar-refractivity contribution in [2.45, 2.75) is 0 Å². The highest BCUT2D eigenvalue weighted by Gasteiger charge is 2.27. The van der Waals surface area contributed by atoms with Crippen LogP contribution < -0.4 is 0 Å². The normalized spacial score (nSPS) is 10.8. The molecular formula is C22H14O6. The number of hydrogen-bond acceptors (Lipinski definition) is 6. The quantitative estimate of drug-likeness (QED) is 0.391. The molecule has 6 nitrogen and oxygen atoms in total. The van der Waals surface area contributed by atoms with Crippen molar-refractivity contribution in [3.63, 3.8) is 0 Å². The zero-order valence-electron chi connectivity index (χ0n) is 14.5. The van der Waals surface area contributed by atoms with Gasteiger partial charge in [0.15, 0.2) is 0 Å². The topological polar surface area (TPSA) is 93.1 Å². The van der Waals surface area contributed by atoms with Gasteiger partial charge in [-0.25, -0.2) is 9.59 Å². The Morgan fingerprint density at radius 3 is 2.00 bits per heavy atom. The second-order valence-electron chi connectivity index (χ2n) is 6.18. The van der Waals surface area contributed by atoms with Crippen LogP contribution in [0.4, 0.5) is 0 Å². The van der Waals surface area contributed by atoms with Gasteiger partial charge in [0.25, 0.3) is 0 Å². The Bertz CT molecular complexity index is 1220. The third kappa shape index (κ3) is 2.77. The molecule has 4 aromatic carbocycles. The van der Waals surface area contributed by atoms with Crippen LogP contribution in [0.5, 0.6) is 0 Å². The monoisotopic (exact) mass is 374 g/mol. The highest BCUT2D eigenvalue weighted by atomic mass is 17.1. The van der Waals surface area contributed by atoms with Crippen LogP contribution >= 0.6 is 0 Å². The van der Waals surface area contributed by atoms with Gasteiger partial charge >= 0.3 is 11.9 Å². The van der Waals surface area contributed by atoms with Crippen LogP contribution in [-0.4, -0.2) is 22.5 Å². The van der Waals surface area contributed by atoms with E-state index in [9.17, 15) is 9.59 Å². The second kappa shape index (κ2) is 7.11. The van der Waals surface area contributed by atoms with E-state index >= 15 is 0 Å². The summed E-state index contributed by atoms with van der Waals surface area (Å²) in [5, 5.41) is 21.1. The van der Waals surface area contributed by atoms with E-state index in [0.717, 1.165) is 10.8 Å². The number of benzene rings is 4. The largest absolute Gasteiger partial charge is 0.374 e. The van der Waals surface area contributed by atoms with Crippen LogP contribution in [-0.2, 0) is 9.78 Å². The molecule has 0 spiro atoms. The second-order valence-corrected chi connectivity index (χ2v) is 6.18. The van der Waals surface area contributed by atoms with Gasteiger partial charge in [0.2, 0.25) is 0 Å². The summed E-state index contributed by atoms with van der Waals surface area (Å²) < 4.78 is 0. The Hall–Kier alpha value is -3.74. The zero-order chi connectivity index (χ0) is 19.7. The summed E-state index contributed by atoms with van der Waals surface area (Å²) in [7, 11) is 0. The van der Waals surface area contributed by atoms with E-state index in [2.05, 4.69) is 9.78 Å². The van der Waals surface area contributed by atoms with Crippen LogP contribution in [0.1, 0.15) is 20.7 Å². The van der Waals surface area contributed by atoms with Crippen LogP contribution in [0.15, 0.2) is 72.8 Å². The summed E-state index contributed by atoms with van der Waals surface area (Å²) in [6.45, 7) is 0. The SMILES string of the molecule is O=C(OO)c1cc2ccccc2c(-c2cccc3ccccc23)c1C(=O)OO. The minimum Gasteiger partial charge on any atom is -0.295 e. The molecule has 0 radical (unpaired) electrons. The van der Waals surface area contributed by atoms with Crippen molar-refractivity contribution in [3.05, 3.63) is 83.9 Å². The summed E-state index contributed by atoms with van der Waals surface area (Å²) in [5.74, 6) is -2.26. The lowest BCUT2D eigenvalue weighted by molar-refractivity contribution is -0.185. The molecule has 0 aromatic heterocycles. The number of carbonyl (C=O) groups is 2. The maximum absolute atomic E-state index is 12.5. The van der Waals surface area contributed by atoms with Crippen molar-refractivity contribution in [3.8, 4) is 11.1 Å². The highest BCUT2D eigenvalue weighted by Crippen LogP contribution is 2.38. The van der Waals surface area contributed by atoms with E-state index in [4.69, 9.17) is 10.5 Å². The average molecular weight is 374 g/mol. The van der Waals surface area contributed by atoms with E-state index in [1.54, 1.807) is 24.3 Å². The number of fused-ring (bicyclic) bond motifs is 2. The molecule has 0 aliphatic carbocycles. The first-order valence-corrected chi connectivity index (χ1v) is 8.41. The summed E-state index contributed by atoms with van der Waals surface area (Å²) >= 11 is 0. The van der Waals surface area contributed by atoms with Gasteiger partial charge < -0.3 is 0 Å². The Balaban J connectivity index is 2.23. The predicted molar refractivity (Wildman–Crippen MR) is 103 cm³/mol. The summed E-state index contributed by atoms with van der Waals surface area (Å²) in [6, 6.07) is 21.7. The smallest absolute Gasteiger partial charge is 0.295 e. The molecule has 6 heteroatoms. The zero-order valence-corrected chi connectivity index (χ0v) is 14.5. The van der Waals surface area contributed by atoms with Gasteiger partial charge in [-0.3, -0.25) is 9.78 Å². The fraction of sp³-hybridized carbons (Fsp3) is 0. The molecule has 0 aliphatic heterocycles. The molecule has 0 saturated heterocycles. The van der Waals surface area contributed by atoms with E-state index in [-0.39, 0.29) is 11.1 Å². The minimum atomic E-state index is -1.13. The van der Waals surface area contributed by atoms with Crippen molar-refractivity contribution < 1.29 is 29.9 Å². The molecule has 0 bridgehead atoms. The fourth-order valence-electron chi connectivity index (χ4n) is 3.54. The minimum absolute atomic E-state index is 0.198. The van der Waals surface area contributed by atoms with E-state index in [1.165, 1.54) is 6.07 Å². The van der Waals surface area contributed by atoms with Gasteiger partial charge in [-0.2, -0.15) is 10.5 Å². The van der Waals surface area contributed by atoms with Crippen molar-refractivity contribution in [2.75, 3.05) is 0 Å². The van der Waals surface area contributed by atoms with Gasteiger partial charge in [-0.1, -0.05) is 66.7 Å². The van der Waals surface area contributed by atoms with Gasteiger partial charge in [0, 0.05) is 5.56 Å². The maximum atomic E-state index is 12.5. The van der Waals surface area contributed by atoms with Crippen LogP contribution in [0, 0.1) is 0 Å². The van der Waals surface area contributed by atoms with Crippen LogP contribution in [0.2, 0.25) is 0 Å². The van der Waals surface area contributed by atoms with Gasteiger partial charge in [0.05, 0.1) is 11.1 Å².